The van der Waals surface area contributed by atoms with Crippen molar-refractivity contribution < 1.29 is 5.11 Å². The van der Waals surface area contributed by atoms with Gasteiger partial charge in [0.25, 0.3) is 0 Å². The lowest BCUT2D eigenvalue weighted by atomic mass is 9.85. The van der Waals surface area contributed by atoms with Crippen molar-refractivity contribution >= 4 is 16.6 Å². The second-order valence-electron chi connectivity index (χ2n) is 6.68. The normalized spacial score (nSPS) is 16.0. The lowest BCUT2D eigenvalue weighted by molar-refractivity contribution is 0.480. The molecule has 114 valence electrons. The summed E-state index contributed by atoms with van der Waals surface area (Å²) in [6.45, 7) is 4.31. The number of phenolic OH excluding ortho intramolecular Hbond substituents is 1. The predicted octanol–water partition coefficient (Wildman–Crippen LogP) is 4.11. The number of aromatic hydroxyl groups is 1. The first-order chi connectivity index (χ1) is 11.0. The zero-order chi connectivity index (χ0) is 16.0. The Labute approximate surface area is 135 Å². The molecule has 1 aliphatic rings. The van der Waals surface area contributed by atoms with E-state index < -0.39 is 0 Å². The molecule has 3 heteroatoms. The molecule has 0 radical (unpaired) electrons. The van der Waals surface area contributed by atoms with Crippen LogP contribution in [-0.2, 0) is 6.42 Å². The predicted molar refractivity (Wildman–Crippen MR) is 93.3 cm³/mol. The largest absolute Gasteiger partial charge is 0.506 e. The van der Waals surface area contributed by atoms with Gasteiger partial charge >= 0.3 is 0 Å². The summed E-state index contributed by atoms with van der Waals surface area (Å²) < 4.78 is 0. The van der Waals surface area contributed by atoms with Crippen LogP contribution in [0.2, 0.25) is 0 Å². The van der Waals surface area contributed by atoms with Crippen molar-refractivity contribution in [1.29, 1.82) is 0 Å². The number of phenols is 1. The molecular formula is C20H18N2O. The van der Waals surface area contributed by atoms with E-state index in [-0.39, 0.29) is 11.3 Å². The molecule has 1 aliphatic heterocycles. The quantitative estimate of drug-likeness (QED) is 0.735. The summed E-state index contributed by atoms with van der Waals surface area (Å²) in [4.78, 5) is 9.41. The number of fused-ring (bicyclic) bond motifs is 2. The zero-order valence-electron chi connectivity index (χ0n) is 13.2. The van der Waals surface area contributed by atoms with Crippen LogP contribution in [0.1, 0.15) is 30.5 Å². The molecule has 0 atom stereocenters. The molecule has 3 nitrogen and oxygen atoms in total. The van der Waals surface area contributed by atoms with Crippen molar-refractivity contribution in [3.05, 3.63) is 71.4 Å². The fourth-order valence-electron chi connectivity index (χ4n) is 3.27. The van der Waals surface area contributed by atoms with E-state index in [0.717, 1.165) is 23.1 Å². The smallest absolute Gasteiger partial charge is 0.141 e. The molecule has 3 aromatic rings. The highest BCUT2D eigenvalue weighted by atomic mass is 16.3. The lowest BCUT2D eigenvalue weighted by Gasteiger charge is -2.29. The average Bonchev–Trinajstić information content (AvgIpc) is 2.53. The Hall–Kier alpha value is -2.68. The first-order valence-corrected chi connectivity index (χ1v) is 7.80. The fraction of sp³-hybridized carbons (Fsp3) is 0.200. The number of aliphatic imine (C=N–C) groups is 1. The molecule has 1 aromatic heterocycles. The third-order valence-electron chi connectivity index (χ3n) is 4.27. The summed E-state index contributed by atoms with van der Waals surface area (Å²) in [5.41, 5.74) is 4.96. The Morgan fingerprint density at radius 2 is 1.87 bits per heavy atom. The molecule has 2 aromatic carbocycles. The highest BCUT2D eigenvalue weighted by Gasteiger charge is 2.27. The summed E-state index contributed by atoms with van der Waals surface area (Å²) in [7, 11) is 0. The standard InChI is InChI=1S/C20H18N2O/c1-20(2)11-14-6-3-4-8-16(14)18(22-20)15-10-13-7-5-9-17(23)19(13)21-12-15/h3-10,12,23H,11H2,1-2H3. The summed E-state index contributed by atoms with van der Waals surface area (Å²) >= 11 is 0. The summed E-state index contributed by atoms with van der Waals surface area (Å²) in [6, 6.07) is 15.9. The second kappa shape index (κ2) is 4.92. The maximum atomic E-state index is 9.92. The molecule has 0 saturated carbocycles. The summed E-state index contributed by atoms with van der Waals surface area (Å²) in [5, 5.41) is 10.8. The molecule has 0 unspecified atom stereocenters. The zero-order valence-corrected chi connectivity index (χ0v) is 13.2. The third kappa shape index (κ3) is 2.38. The van der Waals surface area contributed by atoms with Crippen LogP contribution in [0.3, 0.4) is 0 Å². The summed E-state index contributed by atoms with van der Waals surface area (Å²) in [5.74, 6) is 0.209. The van der Waals surface area contributed by atoms with Gasteiger partial charge in [0.1, 0.15) is 11.3 Å². The van der Waals surface area contributed by atoms with Crippen molar-refractivity contribution in [3.63, 3.8) is 0 Å². The first-order valence-electron chi connectivity index (χ1n) is 7.80. The number of rotatable bonds is 1. The van der Waals surface area contributed by atoms with Gasteiger partial charge in [0.15, 0.2) is 0 Å². The molecule has 0 fully saturated rings. The van der Waals surface area contributed by atoms with Crippen molar-refractivity contribution in [2.45, 2.75) is 25.8 Å². The van der Waals surface area contributed by atoms with E-state index in [0.29, 0.717) is 5.52 Å². The van der Waals surface area contributed by atoms with Gasteiger partial charge in [-0.05, 0) is 38.0 Å². The fourth-order valence-corrected chi connectivity index (χ4v) is 3.27. The number of hydrogen-bond donors (Lipinski definition) is 1. The monoisotopic (exact) mass is 302 g/mol. The van der Waals surface area contributed by atoms with Crippen LogP contribution in [0, 0.1) is 0 Å². The van der Waals surface area contributed by atoms with Crippen LogP contribution in [0.4, 0.5) is 0 Å². The highest BCUT2D eigenvalue weighted by molar-refractivity contribution is 6.15. The Balaban J connectivity index is 1.94. The minimum Gasteiger partial charge on any atom is -0.506 e. The molecule has 1 N–H and O–H groups in total. The highest BCUT2D eigenvalue weighted by Crippen LogP contribution is 2.30. The van der Waals surface area contributed by atoms with Crippen LogP contribution >= 0.6 is 0 Å². The van der Waals surface area contributed by atoms with Crippen molar-refractivity contribution in [2.24, 2.45) is 4.99 Å². The number of para-hydroxylation sites is 1. The van der Waals surface area contributed by atoms with Gasteiger partial charge in [-0.2, -0.15) is 0 Å². The van der Waals surface area contributed by atoms with Crippen LogP contribution in [0.15, 0.2) is 59.7 Å². The van der Waals surface area contributed by atoms with E-state index in [1.807, 2.05) is 18.2 Å². The van der Waals surface area contributed by atoms with Crippen LogP contribution in [0.5, 0.6) is 5.75 Å². The van der Waals surface area contributed by atoms with Crippen LogP contribution < -0.4 is 0 Å². The number of aromatic nitrogens is 1. The second-order valence-corrected chi connectivity index (χ2v) is 6.68. The number of hydrogen-bond acceptors (Lipinski definition) is 3. The van der Waals surface area contributed by atoms with Gasteiger partial charge < -0.3 is 5.11 Å². The maximum absolute atomic E-state index is 9.92. The van der Waals surface area contributed by atoms with Gasteiger partial charge in [0, 0.05) is 22.7 Å². The van der Waals surface area contributed by atoms with E-state index in [1.165, 1.54) is 11.1 Å². The third-order valence-corrected chi connectivity index (χ3v) is 4.27. The number of nitrogens with zero attached hydrogens (tertiary/aromatic N) is 2. The maximum Gasteiger partial charge on any atom is 0.141 e. The van der Waals surface area contributed by atoms with Gasteiger partial charge in [0.05, 0.1) is 11.3 Å². The van der Waals surface area contributed by atoms with Gasteiger partial charge in [-0.3, -0.25) is 9.98 Å². The van der Waals surface area contributed by atoms with Crippen molar-refractivity contribution in [2.75, 3.05) is 0 Å². The Morgan fingerprint density at radius 1 is 1.04 bits per heavy atom. The SMILES string of the molecule is CC1(C)Cc2ccccc2C(c2cnc3c(O)cccc3c2)=N1. The number of pyridine rings is 1. The minimum atomic E-state index is -0.128. The molecule has 4 rings (SSSR count). The molecule has 0 bridgehead atoms. The molecule has 0 aliphatic carbocycles. The molecule has 2 heterocycles. The van der Waals surface area contributed by atoms with E-state index >= 15 is 0 Å². The van der Waals surface area contributed by atoms with Crippen LogP contribution in [-0.4, -0.2) is 21.3 Å². The summed E-state index contributed by atoms with van der Waals surface area (Å²) in [6.07, 6.45) is 2.74. The van der Waals surface area contributed by atoms with Crippen molar-refractivity contribution in [3.8, 4) is 5.75 Å². The Morgan fingerprint density at radius 3 is 2.74 bits per heavy atom. The van der Waals surface area contributed by atoms with Gasteiger partial charge in [-0.1, -0.05) is 36.4 Å². The molecule has 0 amide bonds. The average molecular weight is 302 g/mol. The van der Waals surface area contributed by atoms with E-state index in [4.69, 9.17) is 4.99 Å². The molecule has 0 saturated heterocycles. The van der Waals surface area contributed by atoms with E-state index in [9.17, 15) is 5.11 Å². The Bertz CT molecular complexity index is 941. The molecular weight excluding hydrogens is 284 g/mol. The Kier molecular flexibility index (Phi) is 2.98. The van der Waals surface area contributed by atoms with Gasteiger partial charge in [-0.15, -0.1) is 0 Å². The van der Waals surface area contributed by atoms with Crippen molar-refractivity contribution in [1.82, 2.24) is 4.98 Å². The minimum absolute atomic E-state index is 0.128. The topological polar surface area (TPSA) is 45.5 Å². The first kappa shape index (κ1) is 13.9. The van der Waals surface area contributed by atoms with Gasteiger partial charge in [-0.25, -0.2) is 0 Å². The van der Waals surface area contributed by atoms with Gasteiger partial charge in [0.2, 0.25) is 0 Å². The van der Waals surface area contributed by atoms with Crippen LogP contribution in [0.25, 0.3) is 10.9 Å². The van der Waals surface area contributed by atoms with E-state index in [1.54, 1.807) is 12.3 Å². The van der Waals surface area contributed by atoms with E-state index in [2.05, 4.69) is 43.1 Å². The molecule has 0 spiro atoms. The lowest BCUT2D eigenvalue weighted by Crippen LogP contribution is -2.29. The molecule has 23 heavy (non-hydrogen) atoms. The number of benzene rings is 2.